The van der Waals surface area contributed by atoms with Crippen LogP contribution >= 0.6 is 0 Å². The lowest BCUT2D eigenvalue weighted by molar-refractivity contribution is -0.138. The van der Waals surface area contributed by atoms with Crippen LogP contribution < -0.4 is 0 Å². The Morgan fingerprint density at radius 3 is 1.61 bits per heavy atom. The van der Waals surface area contributed by atoms with E-state index >= 15 is 0 Å². The topological polar surface area (TPSA) is 52.6 Å². The van der Waals surface area contributed by atoms with E-state index in [1.165, 1.54) is 72.3 Å². The maximum atomic E-state index is 11.5. The summed E-state index contributed by atoms with van der Waals surface area (Å²) in [5.41, 5.74) is 6.31. The summed E-state index contributed by atoms with van der Waals surface area (Å²) < 4.78 is 10.4. The fourth-order valence-corrected chi connectivity index (χ4v) is 6.34. The third kappa shape index (κ3) is 7.56. The minimum absolute atomic E-state index is 0.00479. The van der Waals surface area contributed by atoms with Crippen molar-refractivity contribution in [1.29, 1.82) is 0 Å². The van der Waals surface area contributed by atoms with E-state index in [0.717, 1.165) is 38.5 Å². The van der Waals surface area contributed by atoms with Gasteiger partial charge in [0.25, 0.3) is 0 Å². The normalized spacial score (nSPS) is 11.5. The van der Waals surface area contributed by atoms with Gasteiger partial charge in [-0.3, -0.25) is 0 Å². The molecule has 0 saturated carbocycles. The lowest BCUT2D eigenvalue weighted by Crippen LogP contribution is -2.11. The molecule has 46 heavy (non-hydrogen) atoms. The van der Waals surface area contributed by atoms with Gasteiger partial charge in [0.05, 0.1) is 13.2 Å². The Hall–Kier alpha value is -4.70. The number of carbonyl (C=O) groups excluding carboxylic acids is 2. The number of rotatable bonds is 13. The van der Waals surface area contributed by atoms with Gasteiger partial charge >= 0.3 is 11.9 Å². The summed E-state index contributed by atoms with van der Waals surface area (Å²) in [6.45, 7) is 14.6. The van der Waals surface area contributed by atoms with Crippen molar-refractivity contribution in [3.05, 3.63) is 121 Å². The van der Waals surface area contributed by atoms with Gasteiger partial charge in [0, 0.05) is 12.2 Å². The molecule has 0 unspecified atom stereocenters. The molecule has 0 bridgehead atoms. The number of fused-ring (bicyclic) bond motifs is 5. The molecule has 5 aromatic rings. The molecule has 5 rings (SSSR count). The van der Waals surface area contributed by atoms with Gasteiger partial charge in [-0.2, -0.15) is 0 Å². The largest absolute Gasteiger partial charge is 0.463 e. The first-order valence-electron chi connectivity index (χ1n) is 16.3. The van der Waals surface area contributed by atoms with Crippen molar-refractivity contribution < 1.29 is 19.1 Å². The zero-order valence-electron chi connectivity index (χ0n) is 27.4. The van der Waals surface area contributed by atoms with Gasteiger partial charge in [-0.1, -0.05) is 101 Å². The molecule has 5 aromatic carbocycles. The maximum Gasteiger partial charge on any atom is 0.330 e. The number of hydrogen-bond donors (Lipinski definition) is 0. The van der Waals surface area contributed by atoms with Crippen LogP contribution in [0.15, 0.2) is 104 Å². The monoisotopic (exact) mass is 612 g/mol. The lowest BCUT2D eigenvalue weighted by Gasteiger charge is -2.24. The molecule has 4 nitrogen and oxygen atoms in total. The number of esters is 2. The van der Waals surface area contributed by atoms with Crippen molar-refractivity contribution in [2.75, 3.05) is 13.2 Å². The molecule has 0 atom stereocenters. The smallest absolute Gasteiger partial charge is 0.330 e. The van der Waals surface area contributed by atoms with Crippen LogP contribution in [0.25, 0.3) is 43.4 Å². The van der Waals surface area contributed by atoms with Crippen molar-refractivity contribution in [2.24, 2.45) is 0 Å². The second kappa shape index (κ2) is 14.6. The average Bonchev–Trinajstić information content (AvgIpc) is 3.06. The van der Waals surface area contributed by atoms with E-state index in [2.05, 4.69) is 113 Å². The van der Waals surface area contributed by atoms with Gasteiger partial charge in [0.1, 0.15) is 0 Å². The van der Waals surface area contributed by atoms with Gasteiger partial charge in [-0.15, -0.1) is 0 Å². The van der Waals surface area contributed by atoms with E-state index in [-0.39, 0.29) is 17.4 Å². The van der Waals surface area contributed by atoms with Crippen LogP contribution in [0.4, 0.5) is 0 Å². The number of ether oxygens (including phenoxy) is 2. The molecule has 4 heteroatoms. The number of benzene rings is 5. The van der Waals surface area contributed by atoms with Crippen LogP contribution in [0.3, 0.4) is 0 Å². The Bertz CT molecular complexity index is 1860. The highest BCUT2D eigenvalue weighted by molar-refractivity contribution is 6.21. The van der Waals surface area contributed by atoms with E-state index < -0.39 is 0 Å². The third-order valence-corrected chi connectivity index (χ3v) is 8.60. The first kappa shape index (κ1) is 32.7. The Balaban J connectivity index is 1.58. The fraction of sp³-hybridized carbons (Fsp3) is 0.286. The molecule has 0 aliphatic heterocycles. The van der Waals surface area contributed by atoms with Crippen molar-refractivity contribution in [3.8, 4) is 11.1 Å². The number of aryl methyl sites for hydroxylation is 2. The van der Waals surface area contributed by atoms with Crippen LogP contribution in [-0.2, 0) is 37.3 Å². The molecule has 0 amide bonds. The molecule has 0 aliphatic carbocycles. The van der Waals surface area contributed by atoms with Gasteiger partial charge in [-0.05, 0) is 116 Å². The summed E-state index contributed by atoms with van der Waals surface area (Å²) in [6.07, 6.45) is 7.56. The summed E-state index contributed by atoms with van der Waals surface area (Å²) in [5, 5.41) is 7.61. The van der Waals surface area contributed by atoms with Crippen molar-refractivity contribution in [1.82, 2.24) is 0 Å². The van der Waals surface area contributed by atoms with E-state index in [9.17, 15) is 9.59 Å². The molecule has 0 spiro atoms. The standard InChI is InChI=1S/C42H44O4/c1-6-40(43)45-22-14-12-16-29-24-30(17-13-15-23-46-41(44)7-2)26-31(25-29)36-27-37-34-20-10-11-21-35(34)39(42(3,4)5)28-38(37)33-19-9-8-18-32(33)36/h6-11,18-21,24-28H,1-2,12-17,22-23H2,3-5H3. The summed E-state index contributed by atoms with van der Waals surface area (Å²) in [5.74, 6) is -0.762. The molecule has 0 aliphatic rings. The fourth-order valence-electron chi connectivity index (χ4n) is 6.34. The Morgan fingerprint density at radius 2 is 1.09 bits per heavy atom. The molecule has 236 valence electrons. The predicted molar refractivity (Wildman–Crippen MR) is 191 cm³/mol. The van der Waals surface area contributed by atoms with Gasteiger partial charge in [0.15, 0.2) is 0 Å². The molecule has 0 aromatic heterocycles. The Labute approximate surface area is 272 Å². The zero-order valence-corrected chi connectivity index (χ0v) is 27.4. The highest BCUT2D eigenvalue weighted by Gasteiger charge is 2.20. The van der Waals surface area contributed by atoms with Crippen molar-refractivity contribution >= 4 is 44.3 Å². The molecule has 0 heterocycles. The Morgan fingerprint density at radius 1 is 0.609 bits per heavy atom. The van der Waals surface area contributed by atoms with Crippen LogP contribution in [-0.4, -0.2) is 25.2 Å². The van der Waals surface area contributed by atoms with Gasteiger partial charge < -0.3 is 9.47 Å². The first-order chi connectivity index (χ1) is 22.2. The molecular weight excluding hydrogens is 568 g/mol. The van der Waals surface area contributed by atoms with Crippen LogP contribution in [0.2, 0.25) is 0 Å². The number of carbonyl (C=O) groups is 2. The quantitative estimate of drug-likeness (QED) is 0.0575. The average molecular weight is 613 g/mol. The van der Waals surface area contributed by atoms with E-state index in [4.69, 9.17) is 9.47 Å². The van der Waals surface area contributed by atoms with E-state index in [1.54, 1.807) is 0 Å². The molecule has 0 fully saturated rings. The SMILES string of the molecule is C=CC(=O)OCCCCc1cc(CCCCOC(=O)C=C)cc(-c2cc3c4ccccc4c(C(C)(C)C)cc3c3ccccc23)c1. The molecule has 0 N–H and O–H groups in total. The van der Waals surface area contributed by atoms with Gasteiger partial charge in [-0.25, -0.2) is 9.59 Å². The van der Waals surface area contributed by atoms with Crippen LogP contribution in [0.5, 0.6) is 0 Å². The van der Waals surface area contributed by atoms with Crippen LogP contribution in [0.1, 0.15) is 63.1 Å². The molecular formula is C42H44O4. The highest BCUT2D eigenvalue weighted by Crippen LogP contribution is 2.42. The van der Waals surface area contributed by atoms with Crippen molar-refractivity contribution in [3.63, 3.8) is 0 Å². The minimum Gasteiger partial charge on any atom is -0.463 e. The summed E-state index contributed by atoms with van der Waals surface area (Å²) >= 11 is 0. The second-order valence-electron chi connectivity index (χ2n) is 13.0. The predicted octanol–water partition coefficient (Wildman–Crippen LogP) is 10.2. The van der Waals surface area contributed by atoms with E-state index in [0.29, 0.717) is 13.2 Å². The number of unbranched alkanes of at least 4 members (excludes halogenated alkanes) is 2. The lowest BCUT2D eigenvalue weighted by atomic mass is 9.80. The summed E-state index contributed by atoms with van der Waals surface area (Å²) in [4.78, 5) is 22.9. The third-order valence-electron chi connectivity index (χ3n) is 8.60. The number of hydrogen-bond acceptors (Lipinski definition) is 4. The van der Waals surface area contributed by atoms with Crippen molar-refractivity contribution in [2.45, 2.75) is 64.7 Å². The zero-order chi connectivity index (χ0) is 32.7. The molecule has 0 radical (unpaired) electrons. The second-order valence-corrected chi connectivity index (χ2v) is 13.0. The summed E-state index contributed by atoms with van der Waals surface area (Å²) in [7, 11) is 0. The maximum absolute atomic E-state index is 11.5. The van der Waals surface area contributed by atoms with Gasteiger partial charge in [0.2, 0.25) is 0 Å². The summed E-state index contributed by atoms with van der Waals surface area (Å²) in [6, 6.07) is 29.3. The molecule has 0 saturated heterocycles. The Kier molecular flexibility index (Phi) is 10.4. The minimum atomic E-state index is -0.381. The first-order valence-corrected chi connectivity index (χ1v) is 16.3. The highest BCUT2D eigenvalue weighted by atomic mass is 16.5. The van der Waals surface area contributed by atoms with Crippen LogP contribution in [0, 0.1) is 0 Å². The van der Waals surface area contributed by atoms with E-state index in [1.807, 2.05) is 0 Å².